The highest BCUT2D eigenvalue weighted by molar-refractivity contribution is 5.86. The molecule has 0 aromatic heterocycles. The molecule has 0 heterocycles. The van der Waals surface area contributed by atoms with E-state index in [9.17, 15) is 9.59 Å². The number of carbonyl (C=O) groups is 2. The highest BCUT2D eigenvalue weighted by Crippen LogP contribution is 2.09. The van der Waals surface area contributed by atoms with Crippen LogP contribution in [0.5, 0.6) is 0 Å². The van der Waals surface area contributed by atoms with Crippen LogP contribution in [0.15, 0.2) is 48.6 Å². The van der Waals surface area contributed by atoms with Crippen molar-refractivity contribution in [1.29, 1.82) is 0 Å². The second-order valence-electron chi connectivity index (χ2n) is 11.9. The van der Waals surface area contributed by atoms with Crippen molar-refractivity contribution in [2.75, 3.05) is 6.54 Å². The normalized spacial score (nSPS) is 12.7. The van der Waals surface area contributed by atoms with Crippen molar-refractivity contribution in [3.8, 4) is 0 Å². The van der Waals surface area contributed by atoms with Crippen LogP contribution in [0, 0.1) is 0 Å². The van der Waals surface area contributed by atoms with Crippen LogP contribution in [0.1, 0.15) is 168 Å². The summed E-state index contributed by atoms with van der Waals surface area (Å²) in [5, 5.41) is 5.50. The van der Waals surface area contributed by atoms with Gasteiger partial charge in [-0.15, -0.1) is 0 Å². The third-order valence-electron chi connectivity index (χ3n) is 7.63. The van der Waals surface area contributed by atoms with E-state index < -0.39 is 6.17 Å². The molecule has 0 bridgehead atoms. The summed E-state index contributed by atoms with van der Waals surface area (Å²) in [4.78, 5) is 24.3. The molecule has 0 aromatic rings. The molecule has 0 aromatic carbocycles. The summed E-state index contributed by atoms with van der Waals surface area (Å²) in [6.07, 6.45) is 44.8. The fourth-order valence-electron chi connectivity index (χ4n) is 4.84. The molecule has 43 heavy (non-hydrogen) atoms. The number of carbonyl (C=O) groups excluding carboxylic acids is 2. The van der Waals surface area contributed by atoms with Gasteiger partial charge in [0, 0.05) is 13.0 Å². The number of nitrogens with two attached hydrogens (primary N) is 1. The van der Waals surface area contributed by atoms with Gasteiger partial charge in [-0.1, -0.05) is 133 Å². The summed E-state index contributed by atoms with van der Waals surface area (Å²) in [6.45, 7) is 5.10. The first kappa shape index (κ1) is 40.9. The lowest BCUT2D eigenvalue weighted by molar-refractivity contribution is -0.128. The van der Waals surface area contributed by atoms with Crippen molar-refractivity contribution in [3.63, 3.8) is 0 Å². The molecule has 0 radical (unpaired) electrons. The molecule has 0 spiro atoms. The van der Waals surface area contributed by atoms with E-state index >= 15 is 0 Å². The molecule has 5 nitrogen and oxygen atoms in total. The minimum absolute atomic E-state index is 0.137. The van der Waals surface area contributed by atoms with Gasteiger partial charge >= 0.3 is 0 Å². The number of nitrogens with one attached hydrogen (secondary N) is 2. The fourth-order valence-corrected chi connectivity index (χ4v) is 4.84. The minimum Gasteiger partial charge on any atom is -0.353 e. The van der Waals surface area contributed by atoms with Crippen LogP contribution in [-0.4, -0.2) is 24.5 Å². The van der Waals surface area contributed by atoms with E-state index in [1.54, 1.807) is 0 Å². The molecule has 1 atom stereocenters. The Labute approximate surface area is 266 Å². The zero-order valence-corrected chi connectivity index (χ0v) is 28.3. The van der Waals surface area contributed by atoms with Crippen LogP contribution in [0.2, 0.25) is 0 Å². The zero-order chi connectivity index (χ0) is 31.5. The number of hydrogen-bond donors (Lipinski definition) is 3. The van der Waals surface area contributed by atoms with Crippen LogP contribution in [0.25, 0.3) is 0 Å². The largest absolute Gasteiger partial charge is 0.353 e. The van der Waals surface area contributed by atoms with Crippen molar-refractivity contribution in [3.05, 3.63) is 48.6 Å². The lowest BCUT2D eigenvalue weighted by Crippen LogP contribution is -2.52. The van der Waals surface area contributed by atoms with Crippen molar-refractivity contribution in [1.82, 2.24) is 10.6 Å². The summed E-state index contributed by atoms with van der Waals surface area (Å²) in [5.74, 6) is -0.432. The Kier molecular flexibility index (Phi) is 32.6. The van der Waals surface area contributed by atoms with E-state index in [1.165, 1.54) is 96.3 Å². The van der Waals surface area contributed by atoms with Gasteiger partial charge < -0.3 is 16.4 Å². The number of allylic oxidation sites excluding steroid dienone is 8. The van der Waals surface area contributed by atoms with Crippen molar-refractivity contribution in [2.45, 2.75) is 174 Å². The number of unbranched alkanes of at least 4 members (excludes halogenated alkanes) is 17. The van der Waals surface area contributed by atoms with Gasteiger partial charge in [-0.05, 0) is 77.0 Å². The maximum Gasteiger partial charge on any atom is 0.257 e. The Balaban J connectivity index is 3.53. The fraction of sp³-hybridized carbons (Fsp3) is 0.737. The Morgan fingerprint density at radius 3 is 1.40 bits per heavy atom. The quantitative estimate of drug-likeness (QED) is 0.0421. The molecular weight excluding hydrogens is 530 g/mol. The lowest BCUT2D eigenvalue weighted by Gasteiger charge is -2.14. The third-order valence-corrected chi connectivity index (χ3v) is 7.63. The number of amides is 2. The first-order valence-electron chi connectivity index (χ1n) is 18.0. The van der Waals surface area contributed by atoms with Gasteiger partial charge in [0.1, 0.15) is 0 Å². The van der Waals surface area contributed by atoms with Gasteiger partial charge in [-0.3, -0.25) is 9.59 Å². The van der Waals surface area contributed by atoms with E-state index in [0.717, 1.165) is 51.4 Å². The highest BCUT2D eigenvalue weighted by Gasteiger charge is 2.15. The Hall–Kier alpha value is -2.14. The predicted molar refractivity (Wildman–Crippen MR) is 188 cm³/mol. The monoisotopic (exact) mass is 600 g/mol. The summed E-state index contributed by atoms with van der Waals surface area (Å²) in [6, 6.07) is 0. The lowest BCUT2D eigenvalue weighted by atomic mass is 10.1. The van der Waals surface area contributed by atoms with E-state index in [0.29, 0.717) is 13.0 Å². The summed E-state index contributed by atoms with van der Waals surface area (Å²) >= 11 is 0. The highest BCUT2D eigenvalue weighted by atomic mass is 16.2. The molecule has 0 aliphatic heterocycles. The van der Waals surface area contributed by atoms with Crippen LogP contribution >= 0.6 is 0 Å². The second kappa shape index (κ2) is 34.4. The Bertz CT molecular complexity index is 741. The smallest absolute Gasteiger partial charge is 0.257 e. The van der Waals surface area contributed by atoms with Crippen molar-refractivity contribution < 1.29 is 9.59 Å². The second-order valence-corrected chi connectivity index (χ2v) is 11.9. The standard InChI is InChI=1S/C38H69N3O2/c1-3-5-7-9-11-13-15-17-19-21-23-25-27-29-31-33-35-40-38(43)37(39)41-36(42)34-32-30-28-26-24-22-20-18-16-14-12-10-8-6-4-2/h11-14,17-20,37H,3-10,15-16,21-35,39H2,1-2H3,(H,40,43)(H,41,42)/b13-11-,14-12-,19-17-,20-18-. The van der Waals surface area contributed by atoms with Gasteiger partial charge in [0.2, 0.25) is 5.91 Å². The maximum absolute atomic E-state index is 12.2. The minimum atomic E-state index is -0.963. The molecule has 5 heteroatoms. The average molecular weight is 600 g/mol. The molecule has 0 rings (SSSR count). The molecule has 0 fully saturated rings. The van der Waals surface area contributed by atoms with Gasteiger partial charge in [-0.25, -0.2) is 0 Å². The van der Waals surface area contributed by atoms with E-state index in [1.807, 2.05) is 0 Å². The van der Waals surface area contributed by atoms with E-state index in [2.05, 4.69) is 73.1 Å². The number of rotatable bonds is 31. The molecule has 0 saturated carbocycles. The first-order valence-corrected chi connectivity index (χ1v) is 18.0. The molecule has 4 N–H and O–H groups in total. The Morgan fingerprint density at radius 1 is 0.535 bits per heavy atom. The number of hydrogen-bond acceptors (Lipinski definition) is 3. The van der Waals surface area contributed by atoms with Crippen LogP contribution in [0.3, 0.4) is 0 Å². The van der Waals surface area contributed by atoms with Gasteiger partial charge in [0.25, 0.3) is 5.91 Å². The Morgan fingerprint density at radius 2 is 0.930 bits per heavy atom. The third kappa shape index (κ3) is 32.6. The van der Waals surface area contributed by atoms with Gasteiger partial charge in [0.05, 0.1) is 0 Å². The van der Waals surface area contributed by atoms with Crippen LogP contribution < -0.4 is 16.4 Å². The molecule has 0 aliphatic rings. The molecule has 2 amide bonds. The summed E-state index contributed by atoms with van der Waals surface area (Å²) in [5.41, 5.74) is 5.88. The maximum atomic E-state index is 12.2. The first-order chi connectivity index (χ1) is 21.1. The zero-order valence-electron chi connectivity index (χ0n) is 28.3. The predicted octanol–water partition coefficient (Wildman–Crippen LogP) is 10.1. The molecule has 0 saturated heterocycles. The molecule has 1 unspecified atom stereocenters. The summed E-state index contributed by atoms with van der Waals surface area (Å²) in [7, 11) is 0. The van der Waals surface area contributed by atoms with Crippen LogP contribution in [-0.2, 0) is 9.59 Å². The van der Waals surface area contributed by atoms with Gasteiger partial charge in [0.15, 0.2) is 6.17 Å². The van der Waals surface area contributed by atoms with Crippen LogP contribution in [0.4, 0.5) is 0 Å². The topological polar surface area (TPSA) is 84.2 Å². The van der Waals surface area contributed by atoms with E-state index in [-0.39, 0.29) is 11.8 Å². The van der Waals surface area contributed by atoms with Gasteiger partial charge in [-0.2, -0.15) is 0 Å². The average Bonchev–Trinajstić information content (AvgIpc) is 3.00. The summed E-state index contributed by atoms with van der Waals surface area (Å²) < 4.78 is 0. The van der Waals surface area contributed by atoms with Crippen molar-refractivity contribution in [2.24, 2.45) is 5.73 Å². The van der Waals surface area contributed by atoms with Crippen molar-refractivity contribution >= 4 is 11.8 Å². The molecular formula is C38H69N3O2. The molecule has 0 aliphatic carbocycles. The SMILES string of the molecule is CCCCC/C=C\C/C=C\CCCCCCCCNC(=O)C(N)NC(=O)CCCCCCC/C=C\C/C=C\CCCCC. The molecule has 248 valence electrons. The van der Waals surface area contributed by atoms with E-state index in [4.69, 9.17) is 5.73 Å².